The molecule has 0 spiro atoms. The van der Waals surface area contributed by atoms with Gasteiger partial charge in [0, 0.05) is 11.8 Å². The fourth-order valence-electron chi connectivity index (χ4n) is 4.32. The lowest BCUT2D eigenvalue weighted by atomic mass is 9.70. The minimum Gasteiger partial charge on any atom is -0.299 e. The molecule has 2 atom stereocenters. The predicted molar refractivity (Wildman–Crippen MR) is 81.0 cm³/mol. The van der Waals surface area contributed by atoms with Crippen molar-refractivity contribution < 1.29 is 4.79 Å². The molecule has 2 fully saturated rings. The van der Waals surface area contributed by atoms with Gasteiger partial charge in [-0.1, -0.05) is 40.0 Å². The SMILES string of the molecule is CCC1CCCC(C(=O)C2CCC(C(C)C)CC2)C1. The van der Waals surface area contributed by atoms with Crippen LogP contribution in [-0.4, -0.2) is 5.78 Å². The van der Waals surface area contributed by atoms with Crippen LogP contribution in [0.15, 0.2) is 0 Å². The molecule has 0 aromatic rings. The molecule has 0 aliphatic heterocycles. The highest BCUT2D eigenvalue weighted by Crippen LogP contribution is 2.38. The third-order valence-electron chi connectivity index (χ3n) is 5.88. The van der Waals surface area contributed by atoms with Crippen LogP contribution in [0, 0.1) is 29.6 Å². The maximum atomic E-state index is 12.7. The van der Waals surface area contributed by atoms with Gasteiger partial charge in [-0.05, 0) is 56.3 Å². The van der Waals surface area contributed by atoms with Gasteiger partial charge in [-0.25, -0.2) is 0 Å². The molecule has 2 aliphatic carbocycles. The van der Waals surface area contributed by atoms with Crippen LogP contribution in [0.3, 0.4) is 0 Å². The second-order valence-electron chi connectivity index (χ2n) is 7.40. The molecule has 1 nitrogen and oxygen atoms in total. The van der Waals surface area contributed by atoms with Crippen molar-refractivity contribution in [3.05, 3.63) is 0 Å². The number of carbonyl (C=O) groups excluding carboxylic acids is 1. The largest absolute Gasteiger partial charge is 0.299 e. The van der Waals surface area contributed by atoms with Crippen molar-refractivity contribution in [1.82, 2.24) is 0 Å². The molecule has 0 bridgehead atoms. The van der Waals surface area contributed by atoms with Crippen molar-refractivity contribution in [1.29, 1.82) is 0 Å². The van der Waals surface area contributed by atoms with E-state index in [2.05, 4.69) is 20.8 Å². The monoisotopic (exact) mass is 264 g/mol. The number of ketones is 1. The van der Waals surface area contributed by atoms with E-state index in [9.17, 15) is 4.79 Å². The van der Waals surface area contributed by atoms with Crippen molar-refractivity contribution >= 4 is 5.78 Å². The van der Waals surface area contributed by atoms with Gasteiger partial charge in [-0.3, -0.25) is 4.79 Å². The van der Waals surface area contributed by atoms with E-state index >= 15 is 0 Å². The standard InChI is InChI=1S/C18H32O/c1-4-14-6-5-7-17(12-14)18(19)16-10-8-15(9-11-16)13(2)3/h13-17H,4-12H2,1-3H3. The lowest BCUT2D eigenvalue weighted by molar-refractivity contribution is -0.129. The summed E-state index contributed by atoms with van der Waals surface area (Å²) < 4.78 is 0. The first-order chi connectivity index (χ1) is 9.11. The van der Waals surface area contributed by atoms with E-state index in [0.29, 0.717) is 17.6 Å². The summed E-state index contributed by atoms with van der Waals surface area (Å²) >= 11 is 0. The topological polar surface area (TPSA) is 17.1 Å². The van der Waals surface area contributed by atoms with Crippen molar-refractivity contribution in [2.75, 3.05) is 0 Å². The van der Waals surface area contributed by atoms with Crippen LogP contribution in [0.1, 0.15) is 78.6 Å². The minimum atomic E-state index is 0.413. The van der Waals surface area contributed by atoms with Crippen LogP contribution < -0.4 is 0 Å². The van der Waals surface area contributed by atoms with Crippen LogP contribution in [-0.2, 0) is 4.79 Å². The highest BCUT2D eigenvalue weighted by Gasteiger charge is 2.33. The van der Waals surface area contributed by atoms with Crippen molar-refractivity contribution in [3.63, 3.8) is 0 Å². The van der Waals surface area contributed by atoms with Crippen LogP contribution in [0.2, 0.25) is 0 Å². The molecule has 1 heteroatoms. The van der Waals surface area contributed by atoms with Gasteiger partial charge < -0.3 is 0 Å². The van der Waals surface area contributed by atoms with Crippen LogP contribution >= 0.6 is 0 Å². The van der Waals surface area contributed by atoms with Crippen LogP contribution in [0.25, 0.3) is 0 Å². The molecule has 110 valence electrons. The molecule has 0 saturated heterocycles. The number of carbonyl (C=O) groups is 1. The summed E-state index contributed by atoms with van der Waals surface area (Å²) in [6, 6.07) is 0. The number of rotatable bonds is 4. The lowest BCUT2D eigenvalue weighted by Gasteiger charge is -2.34. The molecule has 0 N–H and O–H groups in total. The Bertz CT molecular complexity index is 286. The first-order valence-electron chi connectivity index (χ1n) is 8.65. The average molecular weight is 264 g/mol. The Hall–Kier alpha value is -0.330. The third-order valence-corrected chi connectivity index (χ3v) is 5.88. The molecular formula is C18H32O. The molecule has 0 aromatic carbocycles. The molecule has 0 aromatic heterocycles. The van der Waals surface area contributed by atoms with E-state index in [1.807, 2.05) is 0 Å². The number of hydrogen-bond acceptors (Lipinski definition) is 1. The zero-order chi connectivity index (χ0) is 13.8. The van der Waals surface area contributed by atoms with Gasteiger partial charge in [-0.15, -0.1) is 0 Å². The van der Waals surface area contributed by atoms with E-state index in [0.717, 1.165) is 17.8 Å². The lowest BCUT2D eigenvalue weighted by Crippen LogP contribution is -2.31. The summed E-state index contributed by atoms with van der Waals surface area (Å²) in [5.41, 5.74) is 0. The first kappa shape index (κ1) is 15.1. The molecule has 2 rings (SSSR count). The summed E-state index contributed by atoms with van der Waals surface area (Å²) in [5, 5.41) is 0. The third kappa shape index (κ3) is 3.83. The fraction of sp³-hybridized carbons (Fsp3) is 0.944. The molecule has 19 heavy (non-hydrogen) atoms. The predicted octanol–water partition coefficient (Wildman–Crippen LogP) is 5.23. The van der Waals surface area contributed by atoms with Gasteiger partial charge >= 0.3 is 0 Å². The summed E-state index contributed by atoms with van der Waals surface area (Å²) in [4.78, 5) is 12.7. The number of Topliss-reactive ketones (excluding diaryl/α,β-unsaturated/α-hetero) is 1. The summed E-state index contributed by atoms with van der Waals surface area (Å²) in [6.45, 7) is 6.95. The first-order valence-corrected chi connectivity index (χ1v) is 8.65. The van der Waals surface area contributed by atoms with Gasteiger partial charge in [0.05, 0.1) is 0 Å². The Kier molecular flexibility index (Phi) is 5.47. The zero-order valence-corrected chi connectivity index (χ0v) is 13.2. The van der Waals surface area contributed by atoms with Gasteiger partial charge in [0.1, 0.15) is 5.78 Å². The van der Waals surface area contributed by atoms with Gasteiger partial charge in [0.15, 0.2) is 0 Å². The molecule has 0 amide bonds. The second-order valence-corrected chi connectivity index (χ2v) is 7.40. The molecule has 2 unspecified atom stereocenters. The average Bonchev–Trinajstić information content (AvgIpc) is 2.46. The molecular weight excluding hydrogens is 232 g/mol. The van der Waals surface area contributed by atoms with E-state index in [-0.39, 0.29) is 0 Å². The highest BCUT2D eigenvalue weighted by atomic mass is 16.1. The van der Waals surface area contributed by atoms with Crippen molar-refractivity contribution in [2.24, 2.45) is 29.6 Å². The van der Waals surface area contributed by atoms with E-state index in [4.69, 9.17) is 0 Å². The Morgan fingerprint density at radius 2 is 1.68 bits per heavy atom. The summed E-state index contributed by atoms with van der Waals surface area (Å²) in [7, 11) is 0. The quantitative estimate of drug-likeness (QED) is 0.679. The smallest absolute Gasteiger partial charge is 0.139 e. The fourth-order valence-corrected chi connectivity index (χ4v) is 4.32. The van der Waals surface area contributed by atoms with Gasteiger partial charge in [-0.2, -0.15) is 0 Å². The highest BCUT2D eigenvalue weighted by molar-refractivity contribution is 5.83. The molecule has 2 aliphatic rings. The van der Waals surface area contributed by atoms with Gasteiger partial charge in [0.2, 0.25) is 0 Å². The zero-order valence-electron chi connectivity index (χ0n) is 13.2. The Labute approximate surface area is 119 Å². The van der Waals surface area contributed by atoms with Gasteiger partial charge in [0.25, 0.3) is 0 Å². The summed E-state index contributed by atoms with van der Waals surface area (Å²) in [5.74, 6) is 3.97. The van der Waals surface area contributed by atoms with Crippen molar-refractivity contribution in [2.45, 2.75) is 78.6 Å². The maximum absolute atomic E-state index is 12.7. The Balaban J connectivity index is 1.83. The molecule has 0 radical (unpaired) electrons. The summed E-state index contributed by atoms with van der Waals surface area (Å²) in [6.07, 6.45) is 11.2. The van der Waals surface area contributed by atoms with Crippen LogP contribution in [0.4, 0.5) is 0 Å². The van der Waals surface area contributed by atoms with E-state index in [1.54, 1.807) is 0 Å². The van der Waals surface area contributed by atoms with Crippen LogP contribution in [0.5, 0.6) is 0 Å². The van der Waals surface area contributed by atoms with E-state index in [1.165, 1.54) is 57.8 Å². The van der Waals surface area contributed by atoms with Crippen molar-refractivity contribution in [3.8, 4) is 0 Å². The van der Waals surface area contributed by atoms with E-state index < -0.39 is 0 Å². The maximum Gasteiger partial charge on any atom is 0.139 e. The Morgan fingerprint density at radius 1 is 1.00 bits per heavy atom. The molecule has 2 saturated carbocycles. The number of hydrogen-bond donors (Lipinski definition) is 0. The minimum absolute atomic E-state index is 0.413. The normalized spacial score (nSPS) is 36.4. The Morgan fingerprint density at radius 3 is 2.26 bits per heavy atom. The second kappa shape index (κ2) is 6.90. The molecule has 0 heterocycles.